The molecule has 1 aliphatic rings. The second-order valence-corrected chi connectivity index (χ2v) is 21.0. The number of rotatable bonds is 7. The van der Waals surface area contributed by atoms with E-state index in [-0.39, 0.29) is 65.3 Å². The number of aromatic nitrogens is 5. The van der Waals surface area contributed by atoms with E-state index < -0.39 is 60.4 Å². The van der Waals surface area contributed by atoms with Gasteiger partial charge in [0.1, 0.15) is 16.9 Å². The maximum atomic E-state index is 9.22. The Morgan fingerprint density at radius 2 is 1.38 bits per heavy atom. The second-order valence-electron chi connectivity index (χ2n) is 21.0. The van der Waals surface area contributed by atoms with Crippen LogP contribution in [0.3, 0.4) is 0 Å². The van der Waals surface area contributed by atoms with E-state index in [9.17, 15) is 5.48 Å². The molecule has 7 aromatic carbocycles. The number of hydrogen-bond donors (Lipinski definition) is 0. The Morgan fingerprint density at radius 3 is 2.12 bits per heavy atom. The Hall–Kier alpha value is -7.60. The maximum Gasteiger partial charge on any atom is 0.269 e. The van der Waals surface area contributed by atoms with Crippen LogP contribution in [0.5, 0.6) is 11.5 Å². The Morgan fingerprint density at radius 1 is 0.671 bits per heavy atom. The van der Waals surface area contributed by atoms with E-state index in [0.717, 1.165) is 57.0 Å². The van der Waals surface area contributed by atoms with Crippen LogP contribution in [0.4, 0.5) is 0 Å². The molecule has 73 heavy (non-hydrogen) atoms. The van der Waals surface area contributed by atoms with Gasteiger partial charge in [-0.25, -0.2) is 4.98 Å². The number of pyridine rings is 2. The summed E-state index contributed by atoms with van der Waals surface area (Å²) < 4.78 is 108. The van der Waals surface area contributed by atoms with Crippen molar-refractivity contribution in [2.75, 3.05) is 0 Å². The first-order valence-corrected chi connectivity index (χ1v) is 24.1. The molecule has 362 valence electrons. The quantitative estimate of drug-likeness (QED) is 0.118. The first kappa shape index (κ1) is 36.3. The molecule has 5 aromatic heterocycles. The predicted octanol–water partition coefficient (Wildman–Crippen LogP) is 15.9. The minimum atomic E-state index is -0.592. The third kappa shape index (κ3) is 7.62. The minimum Gasteiger partial charge on any atom is -0.519 e. The van der Waals surface area contributed by atoms with Crippen molar-refractivity contribution in [3.63, 3.8) is 0 Å². The molecule has 1 aliphatic carbocycles. The van der Waals surface area contributed by atoms with Crippen LogP contribution < -0.4 is 9.30 Å². The van der Waals surface area contributed by atoms with Gasteiger partial charge in [-0.15, -0.1) is 29.7 Å². The number of furan rings is 1. The third-order valence-corrected chi connectivity index (χ3v) is 14.5. The van der Waals surface area contributed by atoms with Crippen molar-refractivity contribution in [1.29, 1.82) is 0 Å². The molecule has 5 heterocycles. The van der Waals surface area contributed by atoms with E-state index in [1.54, 1.807) is 45.7 Å². The third-order valence-electron chi connectivity index (χ3n) is 14.5. The average Bonchev–Trinajstić information content (AvgIpc) is 2.03. The fraction of sp³-hybridized carbons (Fsp3) is 0.185. The molecule has 0 radical (unpaired) electrons. The van der Waals surface area contributed by atoms with Crippen molar-refractivity contribution in [3.8, 4) is 50.9 Å². The van der Waals surface area contributed by atoms with Gasteiger partial charge in [-0.1, -0.05) is 168 Å². The number of nitrogens with zero attached hydrogens (tertiary/aromatic N) is 5. The maximum absolute atomic E-state index is 9.22. The fourth-order valence-electron chi connectivity index (χ4n) is 10.7. The summed E-state index contributed by atoms with van der Waals surface area (Å²) in [4.78, 5) is 9.82. The van der Waals surface area contributed by atoms with Crippen LogP contribution in [0.2, 0.25) is 0 Å². The van der Waals surface area contributed by atoms with Gasteiger partial charge in [0.25, 0.3) is 6.33 Å². The van der Waals surface area contributed by atoms with Crippen molar-refractivity contribution in [2.45, 2.75) is 77.6 Å². The number of fused-ring (bicyclic) bond motifs is 9. The Balaban J connectivity index is 0.00000680. The molecule has 12 aromatic rings. The van der Waals surface area contributed by atoms with Crippen molar-refractivity contribution in [1.82, 2.24) is 19.1 Å². The summed E-state index contributed by atoms with van der Waals surface area (Å²) in [5.74, 6) is 1.43. The largest absolute Gasteiger partial charge is 0.519 e. The standard InChI is InChI=1S/C65H53N5O2.Pt/c1-63(2,3)43-31-35-66-57(36-43)70-53-25-15-14-22-48(53)49-28-27-44(38-55(49)70)71-45-37-51-50-29-30-52-58(65(6,7)33-32-64(52,4)5)61(50)72-60(51)56(39-45)69-40-68(54-26-17-34-67-62(54)69)59-46(41-18-10-8-11-19-41)23-16-24-47(59)42-20-12-9-13-21-42;/h8-31,34-37H,32-33H2,1-7H3;/q-2;/i8D,9D,10D,11D,12D,13D,18D,19D,20D,21D;. The number of para-hydroxylation sites is 2. The molecule has 0 saturated carbocycles. The molecular weight excluding hydrogens is 1080 g/mol. The van der Waals surface area contributed by atoms with Gasteiger partial charge in [0.15, 0.2) is 5.65 Å². The molecule has 0 amide bonds. The van der Waals surface area contributed by atoms with E-state index >= 15 is 0 Å². The molecular formula is C65H53N5O2Pt-2. The molecule has 0 atom stereocenters. The molecule has 0 N–H and O–H groups in total. The fourth-order valence-corrected chi connectivity index (χ4v) is 10.7. The van der Waals surface area contributed by atoms with Gasteiger partial charge in [0.2, 0.25) is 0 Å². The van der Waals surface area contributed by atoms with Crippen LogP contribution in [0.25, 0.3) is 94.4 Å². The van der Waals surface area contributed by atoms with E-state index in [1.165, 1.54) is 5.56 Å². The normalized spacial score (nSPS) is 16.2. The zero-order valence-electron chi connectivity index (χ0n) is 51.2. The van der Waals surface area contributed by atoms with Crippen molar-refractivity contribution in [3.05, 3.63) is 205 Å². The van der Waals surface area contributed by atoms with E-state index in [2.05, 4.69) is 102 Å². The molecule has 0 unspecified atom stereocenters. The van der Waals surface area contributed by atoms with Crippen molar-refractivity contribution >= 4 is 54.9 Å². The minimum absolute atomic E-state index is 0. The molecule has 0 spiro atoms. The zero-order valence-corrected chi connectivity index (χ0v) is 43.4. The Kier molecular flexibility index (Phi) is 8.60. The summed E-state index contributed by atoms with van der Waals surface area (Å²) in [7, 11) is 0. The second kappa shape index (κ2) is 17.3. The Bertz CT molecular complexity index is 4600. The van der Waals surface area contributed by atoms with Gasteiger partial charge in [-0.05, 0) is 98.2 Å². The van der Waals surface area contributed by atoms with E-state index in [1.807, 2.05) is 42.6 Å². The number of imidazole rings is 1. The van der Waals surface area contributed by atoms with Crippen LogP contribution in [0, 0.1) is 18.5 Å². The Labute approximate surface area is 454 Å². The summed E-state index contributed by atoms with van der Waals surface area (Å²) in [6.45, 7) is 15.5. The van der Waals surface area contributed by atoms with E-state index in [4.69, 9.17) is 27.3 Å². The topological polar surface area (TPSA) is 61.9 Å². The number of benzene rings is 7. The van der Waals surface area contributed by atoms with Crippen LogP contribution in [-0.4, -0.2) is 19.1 Å². The molecule has 7 nitrogen and oxygen atoms in total. The number of ether oxygens (including phenoxy) is 1. The van der Waals surface area contributed by atoms with Gasteiger partial charge in [-0.3, -0.25) is 14.1 Å². The smallest absolute Gasteiger partial charge is 0.269 e. The van der Waals surface area contributed by atoms with Gasteiger partial charge < -0.3 is 13.7 Å². The zero-order chi connectivity index (χ0) is 57.8. The summed E-state index contributed by atoms with van der Waals surface area (Å²) in [5.41, 5.74) is 6.69. The van der Waals surface area contributed by atoms with Crippen LogP contribution in [0.1, 0.15) is 91.7 Å². The molecule has 0 fully saturated rings. The van der Waals surface area contributed by atoms with Gasteiger partial charge in [0.05, 0.1) is 19.4 Å². The average molecular weight is 1140 g/mol. The van der Waals surface area contributed by atoms with E-state index in [0.29, 0.717) is 44.9 Å². The molecule has 0 aliphatic heterocycles. The molecule has 0 saturated heterocycles. The predicted molar refractivity (Wildman–Crippen MR) is 290 cm³/mol. The number of hydrogen-bond acceptors (Lipinski definition) is 4. The summed E-state index contributed by atoms with van der Waals surface area (Å²) in [5, 5.41) is 3.53. The molecule has 13 rings (SSSR count). The summed E-state index contributed by atoms with van der Waals surface area (Å²) in [6.07, 6.45) is 8.86. The summed E-state index contributed by atoms with van der Waals surface area (Å²) in [6, 6.07) is 32.3. The van der Waals surface area contributed by atoms with Crippen LogP contribution in [0.15, 0.2) is 174 Å². The van der Waals surface area contributed by atoms with Crippen molar-refractivity contribution < 1.29 is 48.5 Å². The van der Waals surface area contributed by atoms with Crippen molar-refractivity contribution in [2.24, 2.45) is 0 Å². The first-order valence-electron chi connectivity index (χ1n) is 29.1. The SMILES string of the molecule is [2H]c1c([2H])c([2H])c(-c2cccc(-c3c([2H])c([2H])c([2H])c([2H])c3[2H])c2-[n+]2[c-]n(-c3[c-]c(Oc4[c-]c5c(cc4)c4ccccc4n5-c4cc(C(C)(C)C)ccn4)cc4c3oc3c5c(ccc34)C(C)(C)CCC5(C)C)c3ncccc32)c([2H])c1[2H].[Pt]. The molecule has 8 heteroatoms. The van der Waals surface area contributed by atoms with Crippen LogP contribution >= 0.6 is 0 Å². The molecule has 0 bridgehead atoms. The summed E-state index contributed by atoms with van der Waals surface area (Å²) >= 11 is 0. The van der Waals surface area contributed by atoms with Gasteiger partial charge in [0, 0.05) is 72.7 Å². The first-order chi connectivity index (χ1) is 39.0. The van der Waals surface area contributed by atoms with Gasteiger partial charge in [-0.2, -0.15) is 6.07 Å². The van der Waals surface area contributed by atoms with Crippen LogP contribution in [-0.2, 0) is 37.3 Å². The monoisotopic (exact) mass is 1140 g/mol. The van der Waals surface area contributed by atoms with Gasteiger partial charge >= 0.3 is 0 Å².